The molecule has 0 fully saturated rings. The number of hydrogen-bond acceptors (Lipinski definition) is 6. The molecule has 0 spiro atoms. The maximum Gasteiger partial charge on any atom is 0.252 e. The van der Waals surface area contributed by atoms with E-state index in [1.54, 1.807) is 0 Å². The van der Waals surface area contributed by atoms with Crippen molar-refractivity contribution in [2.24, 2.45) is 0 Å². The molecule has 21 rings (SSSR count). The molecular weight excluding hydrogens is 1360 g/mol. The molecule has 0 unspecified atom stereocenters. The summed E-state index contributed by atoms with van der Waals surface area (Å²) in [6.07, 6.45) is 0. The van der Waals surface area contributed by atoms with Crippen molar-refractivity contribution in [1.29, 1.82) is 0 Å². The van der Waals surface area contributed by atoms with Crippen LogP contribution in [0.1, 0.15) is 0 Å². The maximum atomic E-state index is 5.67. The second kappa shape index (κ2) is 27.7. The summed E-state index contributed by atoms with van der Waals surface area (Å²) in [5.41, 5.74) is 33.1. The van der Waals surface area contributed by atoms with Gasteiger partial charge in [-0.1, -0.05) is 315 Å². The Balaban J connectivity index is 0.832. The van der Waals surface area contributed by atoms with Gasteiger partial charge in [0.25, 0.3) is 6.71 Å². The van der Waals surface area contributed by atoms with Gasteiger partial charge in [-0.25, -0.2) is 19.9 Å². The van der Waals surface area contributed by atoms with E-state index in [0.29, 0.717) is 11.6 Å². The summed E-state index contributed by atoms with van der Waals surface area (Å²) in [6, 6.07) is 149. The van der Waals surface area contributed by atoms with Crippen LogP contribution in [0.5, 0.6) is 0 Å². The largest absolute Gasteiger partial charge is 0.311 e. The molecule has 16 aromatic carbocycles. The van der Waals surface area contributed by atoms with Crippen molar-refractivity contribution in [2.75, 3.05) is 9.80 Å². The molecule has 19 aromatic rings. The second-order valence-corrected chi connectivity index (χ2v) is 28.8. The lowest BCUT2D eigenvalue weighted by atomic mass is 9.33. The Morgan fingerprint density at radius 2 is 0.545 bits per heavy atom. The van der Waals surface area contributed by atoms with Crippen LogP contribution in [0.2, 0.25) is 0 Å². The van der Waals surface area contributed by atoms with Gasteiger partial charge in [0.1, 0.15) is 0 Å². The van der Waals surface area contributed by atoms with E-state index in [1.807, 2.05) is 24.3 Å². The molecule has 0 aliphatic carbocycles. The number of aromatic nitrogens is 5. The first-order valence-corrected chi connectivity index (χ1v) is 38.2. The Morgan fingerprint density at radius 3 is 0.964 bits per heavy atom. The zero-order chi connectivity index (χ0) is 74.0. The topological polar surface area (TPSA) is 63.0 Å². The highest BCUT2D eigenvalue weighted by Gasteiger charge is 2.44. The SMILES string of the molecule is c1ccc(-c2cc(-c3ccccc3)cc(N3c4ccccc4B4c5ccccc5N(c5cc(-c6ccccc6)cc(-c6ccccc6)c5)c5cc(-c6ccc7c(c6)c6ccccc6n7-c6cccc(-c7nc(-c8ccccc8)cc(-c8ccccc8)n7)c6-c6nc(-c7ccccc7)cc(-c7ccccc7)n6)cc3c54)c2)cc1. The van der Waals surface area contributed by atoms with Crippen molar-refractivity contribution in [3.8, 4) is 129 Å². The minimum Gasteiger partial charge on any atom is -0.311 e. The highest BCUT2D eigenvalue weighted by Crippen LogP contribution is 2.50. The molecule has 0 amide bonds. The Labute approximate surface area is 650 Å². The third-order valence-corrected chi connectivity index (χ3v) is 22.1. The summed E-state index contributed by atoms with van der Waals surface area (Å²) in [5, 5.41) is 2.18. The lowest BCUT2D eigenvalue weighted by molar-refractivity contribution is 1.12. The van der Waals surface area contributed by atoms with Crippen molar-refractivity contribution in [2.45, 2.75) is 0 Å². The van der Waals surface area contributed by atoms with E-state index in [4.69, 9.17) is 19.9 Å². The van der Waals surface area contributed by atoms with Gasteiger partial charge < -0.3 is 14.4 Å². The van der Waals surface area contributed by atoms with Gasteiger partial charge >= 0.3 is 0 Å². The molecular formula is C104H68BN7. The predicted molar refractivity (Wildman–Crippen MR) is 466 cm³/mol. The molecule has 7 nitrogen and oxygen atoms in total. The zero-order valence-electron chi connectivity index (χ0n) is 61.0. The number of para-hydroxylation sites is 3. The van der Waals surface area contributed by atoms with Crippen molar-refractivity contribution in [1.82, 2.24) is 24.5 Å². The summed E-state index contributed by atoms with van der Waals surface area (Å²) in [5.74, 6) is 1.09. The highest BCUT2D eigenvalue weighted by atomic mass is 15.2. The van der Waals surface area contributed by atoms with Crippen molar-refractivity contribution < 1.29 is 0 Å². The first-order chi connectivity index (χ1) is 55.5. The normalized spacial score (nSPS) is 12.1. The van der Waals surface area contributed by atoms with Crippen LogP contribution in [0.3, 0.4) is 0 Å². The first-order valence-electron chi connectivity index (χ1n) is 38.2. The molecule has 112 heavy (non-hydrogen) atoms. The van der Waals surface area contributed by atoms with E-state index < -0.39 is 0 Å². The smallest absolute Gasteiger partial charge is 0.252 e. The first kappa shape index (κ1) is 65.4. The molecule has 0 saturated carbocycles. The van der Waals surface area contributed by atoms with E-state index in [2.05, 4.69) is 403 Å². The van der Waals surface area contributed by atoms with Crippen LogP contribution in [0, 0.1) is 0 Å². The van der Waals surface area contributed by atoms with E-state index >= 15 is 0 Å². The summed E-state index contributed by atoms with van der Waals surface area (Å²) in [7, 11) is 0. The second-order valence-electron chi connectivity index (χ2n) is 28.8. The Kier molecular flexibility index (Phi) is 16.2. The molecule has 0 bridgehead atoms. The average molecular weight is 1430 g/mol. The van der Waals surface area contributed by atoms with E-state index in [9.17, 15) is 0 Å². The average Bonchev–Trinajstić information content (AvgIpc) is 0.769. The molecule has 5 heterocycles. The third-order valence-electron chi connectivity index (χ3n) is 22.1. The lowest BCUT2D eigenvalue weighted by Crippen LogP contribution is -2.61. The van der Waals surface area contributed by atoms with Gasteiger partial charge in [-0.15, -0.1) is 0 Å². The molecule has 3 aromatic heterocycles. The van der Waals surface area contributed by atoms with E-state index in [-0.39, 0.29) is 6.71 Å². The molecule has 2 aliphatic rings. The van der Waals surface area contributed by atoms with Gasteiger partial charge in [0, 0.05) is 72.7 Å². The van der Waals surface area contributed by atoms with Gasteiger partial charge in [0.05, 0.1) is 45.1 Å². The molecule has 0 saturated heterocycles. The number of fused-ring (bicyclic) bond motifs is 7. The number of rotatable bonds is 14. The van der Waals surface area contributed by atoms with Crippen LogP contribution in [-0.4, -0.2) is 31.2 Å². The molecule has 2 aliphatic heterocycles. The summed E-state index contributed by atoms with van der Waals surface area (Å²) in [4.78, 5) is 27.6. The van der Waals surface area contributed by atoms with Crippen LogP contribution in [0.25, 0.3) is 151 Å². The van der Waals surface area contributed by atoms with E-state index in [0.717, 1.165) is 173 Å². The van der Waals surface area contributed by atoms with E-state index in [1.165, 1.54) is 16.4 Å². The Hall–Kier alpha value is -14.9. The summed E-state index contributed by atoms with van der Waals surface area (Å²) < 4.78 is 2.42. The number of anilines is 6. The molecule has 0 N–H and O–H groups in total. The van der Waals surface area contributed by atoms with Crippen LogP contribution in [0.15, 0.2) is 413 Å². The van der Waals surface area contributed by atoms with Crippen LogP contribution in [-0.2, 0) is 0 Å². The zero-order valence-corrected chi connectivity index (χ0v) is 61.0. The van der Waals surface area contributed by atoms with Gasteiger partial charge in [-0.05, 0) is 169 Å². The maximum absolute atomic E-state index is 5.67. The Bertz CT molecular complexity index is 6370. The van der Waals surface area contributed by atoms with Crippen molar-refractivity contribution in [3.05, 3.63) is 413 Å². The lowest BCUT2D eigenvalue weighted by Gasteiger charge is -2.44. The van der Waals surface area contributed by atoms with Crippen LogP contribution >= 0.6 is 0 Å². The van der Waals surface area contributed by atoms with Crippen molar-refractivity contribution in [3.63, 3.8) is 0 Å². The van der Waals surface area contributed by atoms with Gasteiger partial charge in [0.2, 0.25) is 0 Å². The number of hydrogen-bond donors (Lipinski definition) is 0. The fourth-order valence-corrected chi connectivity index (χ4v) is 17.0. The fraction of sp³-hybridized carbons (Fsp3) is 0. The monoisotopic (exact) mass is 1430 g/mol. The summed E-state index contributed by atoms with van der Waals surface area (Å²) in [6.45, 7) is -0.126. The Morgan fingerprint density at radius 1 is 0.205 bits per heavy atom. The van der Waals surface area contributed by atoms with Gasteiger partial charge in [0.15, 0.2) is 11.6 Å². The number of nitrogens with zero attached hydrogens (tertiary/aromatic N) is 7. The molecule has 0 atom stereocenters. The molecule has 8 heteroatoms. The summed E-state index contributed by atoms with van der Waals surface area (Å²) >= 11 is 0. The van der Waals surface area contributed by atoms with Crippen molar-refractivity contribution >= 4 is 79.0 Å². The minimum atomic E-state index is -0.126. The minimum absolute atomic E-state index is 0.126. The van der Waals surface area contributed by atoms with Crippen LogP contribution < -0.4 is 26.2 Å². The molecule has 0 radical (unpaired) electrons. The van der Waals surface area contributed by atoms with Crippen LogP contribution in [0.4, 0.5) is 34.1 Å². The quantitative estimate of drug-likeness (QED) is 0.101. The third kappa shape index (κ3) is 11.6. The van der Waals surface area contributed by atoms with Gasteiger partial charge in [-0.2, -0.15) is 0 Å². The molecule has 522 valence electrons. The van der Waals surface area contributed by atoms with Gasteiger partial charge in [-0.3, -0.25) is 0 Å². The number of benzene rings is 16. The predicted octanol–water partition coefficient (Wildman–Crippen LogP) is 24.8. The fourth-order valence-electron chi connectivity index (χ4n) is 17.0. The highest BCUT2D eigenvalue weighted by molar-refractivity contribution is 7.00. The standard InChI is InChI=1S/C104H68BN7/c1-9-32-69(33-10-1)78-58-79(70-34-11-2-12-35-70)61-83(60-78)110-96-53-29-26-50-88(96)105-89-51-27-30-54-97(89)111(84-62-80(71-36-13-3-14-37-71)59-81(63-84)72-38-15-4-16-39-72)100-66-82(65-99(110)102(100)105)77-56-57-95-87(64-77)85-48-25-28-52-94(85)112(95)98-55-31-49-86(103-106-90(73-40-17-5-18-41-73)67-91(107-103)74-42-19-6-20-43-74)101(98)104-108-92(75-44-21-7-22-45-75)68-93(109-104)76-46-23-8-24-47-76/h1-68H.